The maximum absolute atomic E-state index is 2.58. The molecule has 5 aliphatic rings. The fourth-order valence-corrected chi connectivity index (χ4v) is 7.77. The van der Waals surface area contributed by atoms with Crippen LogP contribution in [-0.2, 0) is 12.8 Å². The van der Waals surface area contributed by atoms with Crippen molar-refractivity contribution in [2.75, 3.05) is 0 Å². The van der Waals surface area contributed by atoms with E-state index in [1.54, 1.807) is 39.0 Å². The maximum atomic E-state index is 2.58. The smallest absolute Gasteiger partial charge is 0.0323 e. The predicted molar refractivity (Wildman–Crippen MR) is 149 cm³/mol. The summed E-state index contributed by atoms with van der Waals surface area (Å²) in [5.41, 5.74) is 16.7. The van der Waals surface area contributed by atoms with Gasteiger partial charge >= 0.3 is 0 Å². The van der Waals surface area contributed by atoms with Crippen molar-refractivity contribution in [2.24, 2.45) is 0 Å². The molecule has 5 aliphatic carbocycles. The molecule has 3 unspecified atom stereocenters. The molecular weight excluding hydrogens is 432 g/mol. The van der Waals surface area contributed by atoms with Gasteiger partial charge in [-0.15, -0.1) is 0 Å². The minimum atomic E-state index is 0.335. The highest BCUT2D eigenvalue weighted by Gasteiger charge is 2.40. The molecule has 3 aromatic rings. The third-order valence-electron chi connectivity index (χ3n) is 9.31. The summed E-state index contributed by atoms with van der Waals surface area (Å²) in [7, 11) is 0. The summed E-state index contributed by atoms with van der Waals surface area (Å²) < 4.78 is 0. The molecule has 0 spiro atoms. The summed E-state index contributed by atoms with van der Waals surface area (Å²) in [6, 6.07) is 25.5. The Morgan fingerprint density at radius 3 is 2.31 bits per heavy atom. The molecule has 174 valence electrons. The second-order valence-corrected chi connectivity index (χ2v) is 11.0. The van der Waals surface area contributed by atoms with Crippen LogP contribution < -0.4 is 0 Å². The topological polar surface area (TPSA) is 0 Å². The molecule has 0 radical (unpaired) electrons. The van der Waals surface area contributed by atoms with E-state index in [1.165, 1.54) is 54.4 Å². The molecule has 0 aliphatic heterocycles. The summed E-state index contributed by atoms with van der Waals surface area (Å²) in [6.07, 6.45) is 20.3. The van der Waals surface area contributed by atoms with Crippen LogP contribution >= 0.6 is 0 Å². The summed E-state index contributed by atoms with van der Waals surface area (Å²) in [5, 5.41) is 0. The number of hydrogen-bond donors (Lipinski definition) is 0. The van der Waals surface area contributed by atoms with Gasteiger partial charge in [0.1, 0.15) is 0 Å². The van der Waals surface area contributed by atoms with Gasteiger partial charge < -0.3 is 0 Å². The Morgan fingerprint density at radius 1 is 0.639 bits per heavy atom. The monoisotopic (exact) mass is 462 g/mol. The van der Waals surface area contributed by atoms with Crippen molar-refractivity contribution < 1.29 is 0 Å². The zero-order valence-corrected chi connectivity index (χ0v) is 20.6. The Kier molecular flexibility index (Phi) is 4.53. The Balaban J connectivity index is 1.33. The first-order valence-electron chi connectivity index (χ1n) is 13.7. The van der Waals surface area contributed by atoms with Crippen molar-refractivity contribution in [2.45, 2.75) is 49.9 Å². The second-order valence-electron chi connectivity index (χ2n) is 11.0. The van der Waals surface area contributed by atoms with Gasteiger partial charge in [-0.3, -0.25) is 0 Å². The molecule has 3 atom stereocenters. The Morgan fingerprint density at radius 2 is 1.42 bits per heavy atom. The molecule has 8 rings (SSSR count). The van der Waals surface area contributed by atoms with E-state index in [0.717, 1.165) is 0 Å². The maximum Gasteiger partial charge on any atom is 0.0323 e. The standard InChI is InChI=1S/C36H30/c1-3-13-27-23(8-1)10-6-16-30(27)32-17-7-12-26-22-34(31-20-18-24-9-2-4-14-28(24)31)36(35(26)32)33-21-19-25-11-5-15-29(25)33/h1-5,7-9,11-15,17,19,21-22,30-31,36H,6,10,16,18,20H2. The SMILES string of the molecule is C1=CC2=C(C3C(C4CCc5ccccc54)=Cc4cccc(C5CCCc6ccccc65)c43)C=CC2=C1. The number of rotatable bonds is 3. The molecule has 0 saturated heterocycles. The highest BCUT2D eigenvalue weighted by atomic mass is 14.4. The number of fused-ring (bicyclic) bond motifs is 4. The molecule has 0 bridgehead atoms. The van der Waals surface area contributed by atoms with Gasteiger partial charge in [-0.25, -0.2) is 0 Å². The van der Waals surface area contributed by atoms with Crippen molar-refractivity contribution in [3.05, 3.63) is 158 Å². The number of allylic oxidation sites excluding steroid dienone is 9. The van der Waals surface area contributed by atoms with Gasteiger partial charge in [-0.05, 0) is 87.8 Å². The minimum Gasteiger partial charge on any atom is -0.0620 e. The lowest BCUT2D eigenvalue weighted by Gasteiger charge is -2.31. The fraction of sp³-hybridized carbons (Fsp3) is 0.222. The quantitative estimate of drug-likeness (QED) is 0.365. The molecule has 0 heteroatoms. The summed E-state index contributed by atoms with van der Waals surface area (Å²) >= 11 is 0. The van der Waals surface area contributed by atoms with Gasteiger partial charge in [0.15, 0.2) is 0 Å². The lowest BCUT2D eigenvalue weighted by Crippen LogP contribution is -2.16. The predicted octanol–water partition coefficient (Wildman–Crippen LogP) is 8.73. The third kappa shape index (κ3) is 2.94. The van der Waals surface area contributed by atoms with Crippen molar-refractivity contribution in [3.8, 4) is 0 Å². The average molecular weight is 463 g/mol. The van der Waals surface area contributed by atoms with Crippen LogP contribution in [0.3, 0.4) is 0 Å². The van der Waals surface area contributed by atoms with E-state index < -0.39 is 0 Å². The van der Waals surface area contributed by atoms with E-state index in [2.05, 4.69) is 103 Å². The number of hydrogen-bond acceptors (Lipinski definition) is 0. The van der Waals surface area contributed by atoms with E-state index in [4.69, 9.17) is 0 Å². The summed E-state index contributed by atoms with van der Waals surface area (Å²) in [5.74, 6) is 1.33. The van der Waals surface area contributed by atoms with Crippen LogP contribution in [0.25, 0.3) is 6.08 Å². The average Bonchev–Trinajstić information content (AvgIpc) is 3.70. The van der Waals surface area contributed by atoms with E-state index in [9.17, 15) is 0 Å². The van der Waals surface area contributed by atoms with E-state index in [-0.39, 0.29) is 0 Å². The first-order chi connectivity index (χ1) is 17.9. The molecular formula is C36H30. The van der Waals surface area contributed by atoms with Crippen molar-refractivity contribution in [1.29, 1.82) is 0 Å². The van der Waals surface area contributed by atoms with Gasteiger partial charge in [0.05, 0.1) is 0 Å². The molecule has 0 heterocycles. The third-order valence-corrected chi connectivity index (χ3v) is 9.31. The highest BCUT2D eigenvalue weighted by molar-refractivity contribution is 5.78. The largest absolute Gasteiger partial charge is 0.0620 e. The molecule has 3 aromatic carbocycles. The van der Waals surface area contributed by atoms with Gasteiger partial charge in [0.2, 0.25) is 0 Å². The Labute approximate surface area is 214 Å². The van der Waals surface area contributed by atoms with Crippen LogP contribution in [0.4, 0.5) is 0 Å². The molecule has 0 fully saturated rings. The van der Waals surface area contributed by atoms with E-state index >= 15 is 0 Å². The van der Waals surface area contributed by atoms with Crippen LogP contribution in [0.1, 0.15) is 76.0 Å². The summed E-state index contributed by atoms with van der Waals surface area (Å²) in [4.78, 5) is 0. The molecule has 0 aromatic heterocycles. The second kappa shape index (κ2) is 7.93. The van der Waals surface area contributed by atoms with Gasteiger partial charge in [0, 0.05) is 17.8 Å². The van der Waals surface area contributed by atoms with E-state index in [1.807, 2.05) is 0 Å². The molecule has 0 nitrogen and oxygen atoms in total. The van der Waals surface area contributed by atoms with Crippen LogP contribution in [0.2, 0.25) is 0 Å². The van der Waals surface area contributed by atoms with Crippen LogP contribution in [0.15, 0.2) is 119 Å². The first-order valence-corrected chi connectivity index (χ1v) is 13.7. The molecule has 0 N–H and O–H groups in total. The Bertz CT molecular complexity index is 1570. The molecule has 0 amide bonds. The Hall–Kier alpha value is -3.64. The van der Waals surface area contributed by atoms with Gasteiger partial charge in [-0.1, -0.05) is 109 Å². The van der Waals surface area contributed by atoms with Crippen molar-refractivity contribution in [1.82, 2.24) is 0 Å². The zero-order valence-electron chi connectivity index (χ0n) is 20.6. The zero-order chi connectivity index (χ0) is 23.6. The minimum absolute atomic E-state index is 0.335. The number of aryl methyl sites for hydroxylation is 2. The van der Waals surface area contributed by atoms with E-state index in [0.29, 0.717) is 17.8 Å². The fourth-order valence-electron chi connectivity index (χ4n) is 7.77. The molecule has 0 saturated carbocycles. The number of benzene rings is 3. The van der Waals surface area contributed by atoms with Gasteiger partial charge in [0.25, 0.3) is 0 Å². The van der Waals surface area contributed by atoms with Gasteiger partial charge in [-0.2, -0.15) is 0 Å². The summed E-state index contributed by atoms with van der Waals surface area (Å²) in [6.45, 7) is 0. The highest BCUT2D eigenvalue weighted by Crippen LogP contribution is 2.56. The van der Waals surface area contributed by atoms with Crippen LogP contribution in [0, 0.1) is 0 Å². The molecule has 36 heavy (non-hydrogen) atoms. The first kappa shape index (κ1) is 20.5. The van der Waals surface area contributed by atoms with Crippen molar-refractivity contribution in [3.63, 3.8) is 0 Å². The lowest BCUT2D eigenvalue weighted by molar-refractivity contribution is 0.609. The van der Waals surface area contributed by atoms with Crippen molar-refractivity contribution >= 4 is 6.08 Å². The lowest BCUT2D eigenvalue weighted by atomic mass is 9.72. The van der Waals surface area contributed by atoms with Crippen LogP contribution in [-0.4, -0.2) is 0 Å². The van der Waals surface area contributed by atoms with Crippen LogP contribution in [0.5, 0.6) is 0 Å². The normalized spacial score (nSPS) is 24.9.